The number of hydrogen-bond acceptors (Lipinski definition) is 7. The molecule has 2 heterocycles. The zero-order valence-corrected chi connectivity index (χ0v) is 23.6. The van der Waals surface area contributed by atoms with Gasteiger partial charge in [-0.3, -0.25) is 4.79 Å². The van der Waals surface area contributed by atoms with E-state index in [0.717, 1.165) is 35.7 Å². The van der Waals surface area contributed by atoms with E-state index >= 15 is 0 Å². The molecule has 0 unspecified atom stereocenters. The van der Waals surface area contributed by atoms with Crippen molar-refractivity contribution < 1.29 is 40.3 Å². The zero-order chi connectivity index (χ0) is 29.6. The van der Waals surface area contributed by atoms with Crippen LogP contribution < -0.4 is 4.74 Å². The fourth-order valence-corrected chi connectivity index (χ4v) is 6.03. The van der Waals surface area contributed by atoms with Crippen molar-refractivity contribution in [1.29, 1.82) is 0 Å². The molecule has 0 spiro atoms. The molecule has 0 saturated carbocycles. The molecule has 0 amide bonds. The standard InChI is InChI=1S/C28H32F3N3O6S/c1-3-38-26(35)18-34(41(36,37)33-14-5-4-6-15-33)17-21-8-7-9-24(16-21)39-19-25-20(2)40-27(32-25)22-10-12-23(13-11-22)28(29,30)31/h7-13,16H,3-6,14-15,17-19H2,1-2H3. The molecule has 1 aromatic heterocycles. The largest absolute Gasteiger partial charge is 0.487 e. The first kappa shape index (κ1) is 30.5. The number of rotatable bonds is 11. The fraction of sp³-hybridized carbons (Fsp3) is 0.429. The first-order valence-electron chi connectivity index (χ1n) is 13.2. The smallest absolute Gasteiger partial charge is 0.416 e. The summed E-state index contributed by atoms with van der Waals surface area (Å²) >= 11 is 0. The third kappa shape index (κ3) is 7.86. The van der Waals surface area contributed by atoms with Gasteiger partial charge in [0.25, 0.3) is 10.2 Å². The number of aryl methyl sites for hydroxylation is 1. The van der Waals surface area contributed by atoms with Gasteiger partial charge >= 0.3 is 12.1 Å². The van der Waals surface area contributed by atoms with Gasteiger partial charge in [0.2, 0.25) is 5.89 Å². The molecule has 0 N–H and O–H groups in total. The molecule has 0 bridgehead atoms. The zero-order valence-electron chi connectivity index (χ0n) is 22.8. The van der Waals surface area contributed by atoms with Gasteiger partial charge in [0, 0.05) is 25.2 Å². The first-order valence-corrected chi connectivity index (χ1v) is 14.6. The van der Waals surface area contributed by atoms with E-state index < -0.39 is 34.5 Å². The number of oxazole rings is 1. The molecular formula is C28H32F3N3O6S. The molecule has 0 radical (unpaired) electrons. The van der Waals surface area contributed by atoms with Gasteiger partial charge in [0.15, 0.2) is 0 Å². The van der Waals surface area contributed by atoms with Crippen molar-refractivity contribution in [1.82, 2.24) is 13.6 Å². The van der Waals surface area contributed by atoms with E-state index in [1.807, 2.05) is 0 Å². The van der Waals surface area contributed by atoms with E-state index in [1.165, 1.54) is 16.4 Å². The summed E-state index contributed by atoms with van der Waals surface area (Å²) in [6, 6.07) is 11.3. The van der Waals surface area contributed by atoms with Crippen LogP contribution in [0.25, 0.3) is 11.5 Å². The number of carbonyl (C=O) groups excluding carboxylic acids is 1. The highest BCUT2D eigenvalue weighted by atomic mass is 32.2. The van der Waals surface area contributed by atoms with Crippen LogP contribution in [-0.2, 0) is 39.1 Å². The van der Waals surface area contributed by atoms with E-state index in [4.69, 9.17) is 13.9 Å². The van der Waals surface area contributed by atoms with E-state index in [-0.39, 0.29) is 25.6 Å². The van der Waals surface area contributed by atoms with Gasteiger partial charge < -0.3 is 13.9 Å². The Balaban J connectivity index is 1.46. The Morgan fingerprint density at radius 1 is 1.10 bits per heavy atom. The van der Waals surface area contributed by atoms with Crippen LogP contribution in [0.3, 0.4) is 0 Å². The molecular weight excluding hydrogens is 563 g/mol. The predicted octanol–water partition coefficient (Wildman–Crippen LogP) is 5.34. The number of piperidine rings is 1. The maximum absolute atomic E-state index is 13.4. The van der Waals surface area contributed by atoms with Gasteiger partial charge in [-0.2, -0.15) is 30.2 Å². The molecule has 1 aliphatic rings. The van der Waals surface area contributed by atoms with E-state index in [0.29, 0.717) is 41.4 Å². The number of hydrogen-bond donors (Lipinski definition) is 0. The number of carbonyl (C=O) groups is 1. The van der Waals surface area contributed by atoms with Gasteiger partial charge in [0.05, 0.1) is 12.2 Å². The Morgan fingerprint density at radius 3 is 2.46 bits per heavy atom. The Labute approximate surface area is 237 Å². The molecule has 2 aromatic carbocycles. The normalized spacial score (nSPS) is 14.8. The fourth-order valence-electron chi connectivity index (χ4n) is 4.40. The Morgan fingerprint density at radius 2 is 1.80 bits per heavy atom. The highest BCUT2D eigenvalue weighted by molar-refractivity contribution is 7.86. The summed E-state index contributed by atoms with van der Waals surface area (Å²) in [5, 5.41) is 0. The van der Waals surface area contributed by atoms with Crippen LogP contribution in [0, 0.1) is 6.92 Å². The van der Waals surface area contributed by atoms with Crippen LogP contribution in [0.1, 0.15) is 48.8 Å². The van der Waals surface area contributed by atoms with Gasteiger partial charge in [-0.1, -0.05) is 18.6 Å². The lowest BCUT2D eigenvalue weighted by Gasteiger charge is -2.31. The molecule has 0 atom stereocenters. The summed E-state index contributed by atoms with van der Waals surface area (Å²) < 4.78 is 84.5. The Hall–Kier alpha value is -3.42. The SMILES string of the molecule is CCOC(=O)CN(Cc1cccc(OCc2nc(-c3ccc(C(F)(F)F)cc3)oc2C)c1)S(=O)(=O)N1CCCCC1. The monoisotopic (exact) mass is 595 g/mol. The number of benzene rings is 2. The molecule has 13 heteroatoms. The lowest BCUT2D eigenvalue weighted by atomic mass is 10.1. The minimum Gasteiger partial charge on any atom is -0.487 e. The number of nitrogens with zero attached hydrogens (tertiary/aromatic N) is 3. The van der Waals surface area contributed by atoms with Gasteiger partial charge in [-0.15, -0.1) is 0 Å². The van der Waals surface area contributed by atoms with Crippen molar-refractivity contribution in [3.63, 3.8) is 0 Å². The second-order valence-electron chi connectivity index (χ2n) is 9.57. The quantitative estimate of drug-likeness (QED) is 0.276. The third-order valence-corrected chi connectivity index (χ3v) is 8.49. The maximum atomic E-state index is 13.4. The predicted molar refractivity (Wildman–Crippen MR) is 144 cm³/mol. The van der Waals surface area contributed by atoms with Crippen LogP contribution in [0.15, 0.2) is 52.9 Å². The molecule has 1 fully saturated rings. The van der Waals surface area contributed by atoms with Crippen molar-refractivity contribution in [3.05, 3.63) is 71.1 Å². The second-order valence-corrected chi connectivity index (χ2v) is 11.5. The van der Waals surface area contributed by atoms with E-state index in [9.17, 15) is 26.4 Å². The van der Waals surface area contributed by atoms with Crippen LogP contribution in [0.4, 0.5) is 13.2 Å². The van der Waals surface area contributed by atoms with Crippen molar-refractivity contribution >= 4 is 16.2 Å². The minimum atomic E-state index is -4.44. The highest BCUT2D eigenvalue weighted by Crippen LogP contribution is 2.31. The van der Waals surface area contributed by atoms with Crippen molar-refractivity contribution in [2.75, 3.05) is 26.2 Å². The molecule has 0 aliphatic carbocycles. The van der Waals surface area contributed by atoms with Crippen molar-refractivity contribution in [2.24, 2.45) is 0 Å². The molecule has 1 saturated heterocycles. The summed E-state index contributed by atoms with van der Waals surface area (Å²) in [5.41, 5.74) is 0.695. The highest BCUT2D eigenvalue weighted by Gasteiger charge is 2.33. The average Bonchev–Trinajstić information content (AvgIpc) is 3.32. The van der Waals surface area contributed by atoms with Crippen molar-refractivity contribution in [2.45, 2.75) is 52.4 Å². The molecule has 41 heavy (non-hydrogen) atoms. The summed E-state index contributed by atoms with van der Waals surface area (Å²) in [6.07, 6.45) is -1.96. The van der Waals surface area contributed by atoms with Gasteiger partial charge in [0.1, 0.15) is 30.4 Å². The van der Waals surface area contributed by atoms with Crippen molar-refractivity contribution in [3.8, 4) is 17.2 Å². The van der Waals surface area contributed by atoms with Crippen LogP contribution in [-0.4, -0.2) is 54.2 Å². The van der Waals surface area contributed by atoms with Gasteiger partial charge in [-0.25, -0.2) is 4.98 Å². The Bertz CT molecular complexity index is 1430. The number of alkyl halides is 3. The summed E-state index contributed by atoms with van der Waals surface area (Å²) in [7, 11) is -3.90. The van der Waals surface area contributed by atoms with Gasteiger partial charge in [-0.05, 0) is 68.7 Å². The third-order valence-electron chi connectivity index (χ3n) is 6.56. The van der Waals surface area contributed by atoms with Crippen LogP contribution >= 0.6 is 0 Å². The molecule has 222 valence electrons. The topological polar surface area (TPSA) is 102 Å². The second kappa shape index (κ2) is 13.0. The van der Waals surface area contributed by atoms with Crippen LogP contribution in [0.2, 0.25) is 0 Å². The number of esters is 1. The molecule has 3 aromatic rings. The summed E-state index contributed by atoms with van der Waals surface area (Å²) in [4.78, 5) is 16.6. The van der Waals surface area contributed by atoms with E-state index in [1.54, 1.807) is 38.1 Å². The molecule has 1 aliphatic heterocycles. The van der Waals surface area contributed by atoms with E-state index in [2.05, 4.69) is 4.98 Å². The maximum Gasteiger partial charge on any atom is 0.416 e. The number of ether oxygens (including phenoxy) is 2. The number of aromatic nitrogens is 1. The lowest BCUT2D eigenvalue weighted by molar-refractivity contribution is -0.143. The summed E-state index contributed by atoms with van der Waals surface area (Å²) in [6.45, 7) is 3.81. The average molecular weight is 596 g/mol. The number of halogens is 3. The lowest BCUT2D eigenvalue weighted by Crippen LogP contribution is -2.47. The summed E-state index contributed by atoms with van der Waals surface area (Å²) in [5.74, 6) is 0.420. The minimum absolute atomic E-state index is 0.0119. The molecule has 4 rings (SSSR count). The molecule has 9 nitrogen and oxygen atoms in total. The first-order chi connectivity index (χ1) is 19.5. The van der Waals surface area contributed by atoms with Crippen LogP contribution in [0.5, 0.6) is 5.75 Å². The Kier molecular flexibility index (Phi) is 9.72.